The Hall–Kier alpha value is -2.02. The van der Waals surface area contributed by atoms with Crippen molar-refractivity contribution in [3.8, 4) is 11.8 Å². The van der Waals surface area contributed by atoms with Crippen LogP contribution >= 0.6 is 11.6 Å². The lowest BCUT2D eigenvalue weighted by Gasteiger charge is -2.18. The van der Waals surface area contributed by atoms with Gasteiger partial charge in [0.2, 0.25) is 0 Å². The minimum absolute atomic E-state index is 0.246. The minimum atomic E-state index is -1.19. The molecule has 25 heavy (non-hydrogen) atoms. The molecule has 2 aromatic rings. The standard InChI is InChI=1S/C21H24ClNO2/c1-13(2)15-5-7-18(14(3)4)21(10-15)25-12-16-9-17(22)6-8-19(16)20(24)11-23/h5-10,13-14,20,24H,12H2,1-4H3. The normalized spacial score (nSPS) is 12.3. The molecule has 0 saturated heterocycles. The fourth-order valence-electron chi connectivity index (χ4n) is 2.70. The average Bonchev–Trinajstić information content (AvgIpc) is 2.58. The van der Waals surface area contributed by atoms with Crippen molar-refractivity contribution < 1.29 is 9.84 Å². The number of hydrogen-bond donors (Lipinski definition) is 1. The first-order valence-corrected chi connectivity index (χ1v) is 8.84. The van der Waals surface area contributed by atoms with Gasteiger partial charge in [-0.25, -0.2) is 0 Å². The van der Waals surface area contributed by atoms with Gasteiger partial charge in [0.1, 0.15) is 12.4 Å². The molecule has 0 aliphatic heterocycles. The Morgan fingerprint density at radius 1 is 1.04 bits per heavy atom. The quantitative estimate of drug-likeness (QED) is 0.672. The zero-order valence-electron chi connectivity index (χ0n) is 15.1. The minimum Gasteiger partial charge on any atom is -0.489 e. The Kier molecular flexibility index (Phi) is 6.47. The van der Waals surface area contributed by atoms with Crippen molar-refractivity contribution in [3.05, 3.63) is 63.7 Å². The number of nitrogens with zero attached hydrogens (tertiary/aromatic N) is 1. The molecule has 2 aromatic carbocycles. The molecule has 3 nitrogen and oxygen atoms in total. The van der Waals surface area contributed by atoms with E-state index in [1.165, 1.54) is 5.56 Å². The number of aliphatic hydroxyl groups is 1. The third-order valence-corrected chi connectivity index (χ3v) is 4.47. The van der Waals surface area contributed by atoms with Crippen molar-refractivity contribution in [2.75, 3.05) is 0 Å². The fourth-order valence-corrected chi connectivity index (χ4v) is 2.90. The van der Waals surface area contributed by atoms with Gasteiger partial charge < -0.3 is 9.84 Å². The molecular weight excluding hydrogens is 334 g/mol. The predicted octanol–water partition coefficient (Wildman–Crippen LogP) is 5.72. The second-order valence-corrected chi connectivity index (χ2v) is 7.21. The van der Waals surface area contributed by atoms with Crippen molar-refractivity contribution >= 4 is 11.6 Å². The molecule has 0 heterocycles. The molecule has 0 aromatic heterocycles. The highest BCUT2D eigenvalue weighted by molar-refractivity contribution is 6.30. The number of aliphatic hydroxyl groups excluding tert-OH is 1. The van der Waals surface area contributed by atoms with Gasteiger partial charge in [-0.2, -0.15) is 5.26 Å². The van der Waals surface area contributed by atoms with E-state index in [0.29, 0.717) is 28.0 Å². The van der Waals surface area contributed by atoms with Crippen molar-refractivity contribution in [1.82, 2.24) is 0 Å². The lowest BCUT2D eigenvalue weighted by Crippen LogP contribution is -2.06. The summed E-state index contributed by atoms with van der Waals surface area (Å²) < 4.78 is 6.09. The first-order chi connectivity index (χ1) is 11.8. The first kappa shape index (κ1) is 19.3. The largest absolute Gasteiger partial charge is 0.489 e. The summed E-state index contributed by atoms with van der Waals surface area (Å²) in [7, 11) is 0. The van der Waals surface area contributed by atoms with E-state index in [9.17, 15) is 5.11 Å². The summed E-state index contributed by atoms with van der Waals surface area (Å²) >= 11 is 6.07. The number of rotatable bonds is 6. The highest BCUT2D eigenvalue weighted by Crippen LogP contribution is 2.31. The van der Waals surface area contributed by atoms with Gasteiger partial charge in [0, 0.05) is 10.6 Å². The van der Waals surface area contributed by atoms with Crippen LogP contribution in [0, 0.1) is 11.3 Å². The van der Waals surface area contributed by atoms with Crippen LogP contribution in [0.1, 0.15) is 67.9 Å². The van der Waals surface area contributed by atoms with Crippen molar-refractivity contribution in [2.45, 2.75) is 52.2 Å². The molecule has 0 saturated carbocycles. The zero-order chi connectivity index (χ0) is 18.6. The number of hydrogen-bond acceptors (Lipinski definition) is 3. The maximum Gasteiger partial charge on any atom is 0.166 e. The van der Waals surface area contributed by atoms with Gasteiger partial charge in [0.15, 0.2) is 6.10 Å². The van der Waals surface area contributed by atoms with Gasteiger partial charge in [-0.15, -0.1) is 0 Å². The van der Waals surface area contributed by atoms with E-state index < -0.39 is 6.10 Å². The molecular formula is C21H24ClNO2. The highest BCUT2D eigenvalue weighted by Gasteiger charge is 2.15. The topological polar surface area (TPSA) is 53.2 Å². The number of ether oxygens (including phenoxy) is 1. The van der Waals surface area contributed by atoms with Crippen LogP contribution in [0.5, 0.6) is 5.75 Å². The molecule has 0 aliphatic rings. The molecule has 1 unspecified atom stereocenters. The highest BCUT2D eigenvalue weighted by atomic mass is 35.5. The molecule has 0 spiro atoms. The summed E-state index contributed by atoms with van der Waals surface area (Å²) in [5.74, 6) is 1.57. The third kappa shape index (κ3) is 4.75. The van der Waals surface area contributed by atoms with E-state index in [0.717, 1.165) is 11.3 Å². The van der Waals surface area contributed by atoms with Crippen LogP contribution in [0.4, 0.5) is 0 Å². The van der Waals surface area contributed by atoms with Crippen molar-refractivity contribution in [1.29, 1.82) is 5.26 Å². The second kappa shape index (κ2) is 8.38. The van der Waals surface area contributed by atoms with E-state index >= 15 is 0 Å². The molecule has 0 bridgehead atoms. The summed E-state index contributed by atoms with van der Waals surface area (Å²) in [6.45, 7) is 8.79. The summed E-state index contributed by atoms with van der Waals surface area (Å²) in [6.07, 6.45) is -1.19. The van der Waals surface area contributed by atoms with E-state index in [2.05, 4.69) is 45.9 Å². The van der Waals surface area contributed by atoms with Gasteiger partial charge in [-0.05, 0) is 46.7 Å². The molecule has 0 amide bonds. The van der Waals surface area contributed by atoms with Gasteiger partial charge >= 0.3 is 0 Å². The SMILES string of the molecule is CC(C)c1ccc(C(C)C)c(OCc2cc(Cl)ccc2C(O)C#N)c1. The Bertz CT molecular complexity index is 778. The monoisotopic (exact) mass is 357 g/mol. The lowest BCUT2D eigenvalue weighted by molar-refractivity contribution is 0.229. The smallest absolute Gasteiger partial charge is 0.166 e. The van der Waals surface area contributed by atoms with Crippen molar-refractivity contribution in [2.24, 2.45) is 0 Å². The average molecular weight is 358 g/mol. The molecule has 0 radical (unpaired) electrons. The summed E-state index contributed by atoms with van der Waals surface area (Å²) in [5, 5.41) is 19.5. The Balaban J connectivity index is 2.34. The number of halogens is 1. The van der Waals surface area contributed by atoms with Gasteiger partial charge in [-0.1, -0.05) is 57.5 Å². The maximum atomic E-state index is 9.90. The van der Waals surface area contributed by atoms with Gasteiger partial charge in [-0.3, -0.25) is 0 Å². The molecule has 2 rings (SSSR count). The van der Waals surface area contributed by atoms with Crippen LogP contribution in [-0.4, -0.2) is 5.11 Å². The summed E-state index contributed by atoms with van der Waals surface area (Å²) in [6, 6.07) is 13.2. The van der Waals surface area contributed by atoms with Gasteiger partial charge in [0.25, 0.3) is 0 Å². The molecule has 1 atom stereocenters. The Morgan fingerprint density at radius 3 is 2.32 bits per heavy atom. The van der Waals surface area contributed by atoms with Crippen LogP contribution in [0.3, 0.4) is 0 Å². The van der Waals surface area contributed by atoms with Crippen molar-refractivity contribution in [3.63, 3.8) is 0 Å². The number of nitriles is 1. The molecule has 0 fully saturated rings. The van der Waals surface area contributed by atoms with E-state index in [4.69, 9.17) is 21.6 Å². The Morgan fingerprint density at radius 2 is 1.72 bits per heavy atom. The molecule has 0 aliphatic carbocycles. The first-order valence-electron chi connectivity index (χ1n) is 8.46. The van der Waals surface area contributed by atoms with Crippen LogP contribution < -0.4 is 4.74 Å². The van der Waals surface area contributed by atoms with E-state index in [1.807, 2.05) is 6.07 Å². The lowest BCUT2D eigenvalue weighted by atomic mass is 9.96. The zero-order valence-corrected chi connectivity index (χ0v) is 15.8. The predicted molar refractivity (Wildman–Crippen MR) is 101 cm³/mol. The van der Waals surface area contributed by atoms with Crippen LogP contribution in [-0.2, 0) is 6.61 Å². The van der Waals surface area contributed by atoms with Crippen LogP contribution in [0.15, 0.2) is 36.4 Å². The van der Waals surface area contributed by atoms with E-state index in [-0.39, 0.29) is 6.61 Å². The second-order valence-electron chi connectivity index (χ2n) is 6.77. The van der Waals surface area contributed by atoms with E-state index in [1.54, 1.807) is 18.2 Å². The number of benzene rings is 2. The third-order valence-electron chi connectivity index (χ3n) is 4.23. The summed E-state index contributed by atoms with van der Waals surface area (Å²) in [5.41, 5.74) is 3.58. The maximum absolute atomic E-state index is 9.90. The fraction of sp³-hybridized carbons (Fsp3) is 0.381. The van der Waals surface area contributed by atoms with Gasteiger partial charge in [0.05, 0.1) is 6.07 Å². The molecule has 1 N–H and O–H groups in total. The molecule has 132 valence electrons. The Labute approximate surface area is 154 Å². The molecule has 4 heteroatoms. The summed E-state index contributed by atoms with van der Waals surface area (Å²) in [4.78, 5) is 0. The van der Waals surface area contributed by atoms with Crippen LogP contribution in [0.25, 0.3) is 0 Å². The van der Waals surface area contributed by atoms with Crippen LogP contribution in [0.2, 0.25) is 5.02 Å².